The average Bonchev–Trinajstić information content (AvgIpc) is 2.65. The van der Waals surface area contributed by atoms with Gasteiger partial charge in [0, 0.05) is 0 Å². The van der Waals surface area contributed by atoms with Gasteiger partial charge in [-0.2, -0.15) is 0 Å². The highest BCUT2D eigenvalue weighted by molar-refractivity contribution is 5.87. The molecule has 1 aromatic carbocycles. The third kappa shape index (κ3) is 8.70. The first-order valence-corrected chi connectivity index (χ1v) is 8.46. The van der Waals surface area contributed by atoms with Crippen molar-refractivity contribution in [1.29, 1.82) is 0 Å². The zero-order valence-electron chi connectivity index (χ0n) is 15.3. The Balaban J connectivity index is 2.39. The standard InChI is InChI=1S/C18H24N2O7/c1-3-26-17(24)12(2)9-14(16(22)23)20-15(21)10-19-18(25)27-11-13-7-5-4-6-8-13/h4-8,12,14H,3,9-11H2,1-2H3,(H,19,25)(H,20,21)(H,22,23)/t12-,14+/m1/s1. The Labute approximate surface area is 157 Å². The Kier molecular flexibility index (Phi) is 9.35. The molecule has 9 nitrogen and oxygen atoms in total. The number of hydrogen-bond donors (Lipinski definition) is 3. The van der Waals surface area contributed by atoms with Gasteiger partial charge in [0.1, 0.15) is 19.2 Å². The fourth-order valence-corrected chi connectivity index (χ4v) is 2.13. The molecule has 2 atom stereocenters. The summed E-state index contributed by atoms with van der Waals surface area (Å²) in [7, 11) is 0. The largest absolute Gasteiger partial charge is 0.480 e. The number of carboxylic acids is 1. The number of benzene rings is 1. The van der Waals surface area contributed by atoms with E-state index >= 15 is 0 Å². The minimum absolute atomic E-state index is 0.0447. The van der Waals surface area contributed by atoms with Crippen molar-refractivity contribution in [3.8, 4) is 0 Å². The molecule has 148 valence electrons. The molecule has 0 bridgehead atoms. The maximum atomic E-state index is 11.9. The van der Waals surface area contributed by atoms with Crippen LogP contribution in [0.25, 0.3) is 0 Å². The molecule has 0 fully saturated rings. The maximum absolute atomic E-state index is 11.9. The Bertz CT molecular complexity index is 648. The van der Waals surface area contributed by atoms with Crippen molar-refractivity contribution < 1.29 is 33.8 Å². The van der Waals surface area contributed by atoms with Crippen LogP contribution in [-0.4, -0.2) is 48.2 Å². The van der Waals surface area contributed by atoms with Crippen LogP contribution in [0, 0.1) is 5.92 Å². The van der Waals surface area contributed by atoms with Gasteiger partial charge in [-0.1, -0.05) is 37.3 Å². The Hall–Kier alpha value is -3.10. The van der Waals surface area contributed by atoms with Crippen molar-refractivity contribution in [3.05, 3.63) is 35.9 Å². The molecule has 0 aromatic heterocycles. The molecule has 3 N–H and O–H groups in total. The molecular weight excluding hydrogens is 356 g/mol. The van der Waals surface area contributed by atoms with E-state index in [-0.39, 0.29) is 19.6 Å². The van der Waals surface area contributed by atoms with Crippen molar-refractivity contribution in [2.24, 2.45) is 5.92 Å². The van der Waals surface area contributed by atoms with Gasteiger partial charge in [-0.15, -0.1) is 0 Å². The molecule has 1 rings (SSSR count). The van der Waals surface area contributed by atoms with Gasteiger partial charge in [-0.3, -0.25) is 9.59 Å². The van der Waals surface area contributed by atoms with E-state index in [2.05, 4.69) is 10.6 Å². The normalized spacial score (nSPS) is 12.4. The summed E-state index contributed by atoms with van der Waals surface area (Å²) < 4.78 is 9.76. The Morgan fingerprint density at radius 3 is 2.37 bits per heavy atom. The summed E-state index contributed by atoms with van der Waals surface area (Å²) in [6.45, 7) is 2.93. The predicted octanol–water partition coefficient (Wildman–Crippen LogP) is 1.07. The SMILES string of the molecule is CCOC(=O)[C@H](C)C[C@H](NC(=O)CNC(=O)OCc1ccccc1)C(=O)O. The van der Waals surface area contributed by atoms with E-state index in [1.165, 1.54) is 6.92 Å². The highest BCUT2D eigenvalue weighted by atomic mass is 16.5. The number of esters is 1. The van der Waals surface area contributed by atoms with E-state index in [0.717, 1.165) is 5.56 Å². The molecule has 9 heteroatoms. The van der Waals surface area contributed by atoms with Crippen LogP contribution >= 0.6 is 0 Å². The molecule has 0 aliphatic rings. The van der Waals surface area contributed by atoms with Crippen molar-refractivity contribution in [3.63, 3.8) is 0 Å². The number of carboxylic acid groups (broad SMARTS) is 1. The number of ether oxygens (including phenoxy) is 2. The van der Waals surface area contributed by atoms with Crippen molar-refractivity contribution in [2.45, 2.75) is 32.9 Å². The van der Waals surface area contributed by atoms with E-state index in [1.807, 2.05) is 6.07 Å². The fourth-order valence-electron chi connectivity index (χ4n) is 2.13. The molecule has 0 radical (unpaired) electrons. The minimum Gasteiger partial charge on any atom is -0.480 e. The third-order valence-corrected chi connectivity index (χ3v) is 3.52. The number of carbonyl (C=O) groups is 4. The number of nitrogens with one attached hydrogen (secondary N) is 2. The monoisotopic (exact) mass is 380 g/mol. The van der Waals surface area contributed by atoms with Crippen LogP contribution in [-0.2, 0) is 30.5 Å². The van der Waals surface area contributed by atoms with Crippen LogP contribution in [0.5, 0.6) is 0 Å². The second-order valence-corrected chi connectivity index (χ2v) is 5.76. The van der Waals surface area contributed by atoms with E-state index < -0.39 is 42.4 Å². The van der Waals surface area contributed by atoms with Gasteiger partial charge >= 0.3 is 18.0 Å². The topological polar surface area (TPSA) is 131 Å². The molecule has 0 aliphatic carbocycles. The van der Waals surface area contributed by atoms with E-state index in [4.69, 9.17) is 9.47 Å². The van der Waals surface area contributed by atoms with Gasteiger partial charge in [-0.25, -0.2) is 9.59 Å². The van der Waals surface area contributed by atoms with Crippen molar-refractivity contribution in [2.75, 3.05) is 13.2 Å². The molecule has 0 spiro atoms. The number of hydrogen-bond acceptors (Lipinski definition) is 6. The number of amides is 2. The Morgan fingerprint density at radius 2 is 1.78 bits per heavy atom. The first-order chi connectivity index (χ1) is 12.8. The van der Waals surface area contributed by atoms with E-state index in [1.54, 1.807) is 31.2 Å². The third-order valence-electron chi connectivity index (χ3n) is 3.52. The van der Waals surface area contributed by atoms with Gasteiger partial charge in [0.05, 0.1) is 12.5 Å². The molecule has 0 aliphatic heterocycles. The summed E-state index contributed by atoms with van der Waals surface area (Å²) in [5, 5.41) is 13.7. The van der Waals surface area contributed by atoms with Gasteiger partial charge < -0.3 is 25.2 Å². The van der Waals surface area contributed by atoms with E-state index in [0.29, 0.717) is 0 Å². The number of carbonyl (C=O) groups excluding carboxylic acids is 3. The van der Waals surface area contributed by atoms with Crippen molar-refractivity contribution in [1.82, 2.24) is 10.6 Å². The van der Waals surface area contributed by atoms with Gasteiger partial charge in [0.25, 0.3) is 0 Å². The molecule has 27 heavy (non-hydrogen) atoms. The molecule has 2 amide bonds. The van der Waals surface area contributed by atoms with Crippen LogP contribution in [0.2, 0.25) is 0 Å². The lowest BCUT2D eigenvalue weighted by Crippen LogP contribution is -2.46. The molecule has 0 unspecified atom stereocenters. The summed E-state index contributed by atoms with van der Waals surface area (Å²) >= 11 is 0. The zero-order valence-corrected chi connectivity index (χ0v) is 15.3. The lowest BCUT2D eigenvalue weighted by atomic mass is 10.0. The second-order valence-electron chi connectivity index (χ2n) is 5.76. The van der Waals surface area contributed by atoms with E-state index in [9.17, 15) is 24.3 Å². The zero-order chi connectivity index (χ0) is 20.2. The maximum Gasteiger partial charge on any atom is 0.407 e. The number of aliphatic carboxylic acids is 1. The first-order valence-electron chi connectivity index (χ1n) is 8.46. The number of rotatable bonds is 10. The first kappa shape index (κ1) is 21.9. The Morgan fingerprint density at radius 1 is 1.11 bits per heavy atom. The predicted molar refractivity (Wildman–Crippen MR) is 94.6 cm³/mol. The van der Waals surface area contributed by atoms with Gasteiger partial charge in [0.2, 0.25) is 5.91 Å². The van der Waals surface area contributed by atoms with Crippen molar-refractivity contribution >= 4 is 23.9 Å². The highest BCUT2D eigenvalue weighted by Crippen LogP contribution is 2.09. The smallest absolute Gasteiger partial charge is 0.407 e. The summed E-state index contributed by atoms with van der Waals surface area (Å²) in [5.74, 6) is -3.24. The van der Waals surface area contributed by atoms with Crippen LogP contribution in [0.15, 0.2) is 30.3 Å². The fraction of sp³-hybridized carbons (Fsp3) is 0.444. The second kappa shape index (κ2) is 11.5. The molecule has 0 heterocycles. The lowest BCUT2D eigenvalue weighted by molar-refractivity contribution is -0.149. The van der Waals surface area contributed by atoms with Gasteiger partial charge in [0.15, 0.2) is 0 Å². The molecule has 0 saturated carbocycles. The summed E-state index contributed by atoms with van der Waals surface area (Å²) in [4.78, 5) is 46.3. The highest BCUT2D eigenvalue weighted by Gasteiger charge is 2.26. The van der Waals surface area contributed by atoms with Crippen LogP contribution in [0.1, 0.15) is 25.8 Å². The molecule has 1 aromatic rings. The lowest BCUT2D eigenvalue weighted by Gasteiger charge is -2.18. The van der Waals surface area contributed by atoms with Crippen LogP contribution in [0.4, 0.5) is 4.79 Å². The quantitative estimate of drug-likeness (QED) is 0.517. The number of alkyl carbamates (subject to hydrolysis) is 1. The summed E-state index contributed by atoms with van der Waals surface area (Å²) in [5.41, 5.74) is 0.788. The summed E-state index contributed by atoms with van der Waals surface area (Å²) in [6, 6.07) is 7.71. The molecular formula is C18H24N2O7. The minimum atomic E-state index is -1.29. The average molecular weight is 380 g/mol. The van der Waals surface area contributed by atoms with Gasteiger partial charge in [-0.05, 0) is 18.9 Å². The summed E-state index contributed by atoms with van der Waals surface area (Å²) in [6.07, 6.45) is -0.931. The molecule has 0 saturated heterocycles. The van der Waals surface area contributed by atoms with Crippen LogP contribution in [0.3, 0.4) is 0 Å². The van der Waals surface area contributed by atoms with Crippen LogP contribution < -0.4 is 10.6 Å².